The lowest BCUT2D eigenvalue weighted by molar-refractivity contribution is -0.142. The summed E-state index contributed by atoms with van der Waals surface area (Å²) in [5, 5.41) is 14.7. The van der Waals surface area contributed by atoms with Crippen LogP contribution in [-0.2, 0) is 14.3 Å². The Morgan fingerprint density at radius 3 is 2.61 bits per heavy atom. The van der Waals surface area contributed by atoms with Crippen molar-refractivity contribution in [3.8, 4) is 0 Å². The molecule has 2 aliphatic rings. The second-order valence-electron chi connectivity index (χ2n) is 6.35. The van der Waals surface area contributed by atoms with E-state index in [0.717, 1.165) is 38.7 Å². The Morgan fingerprint density at radius 1 is 1.17 bits per heavy atom. The van der Waals surface area contributed by atoms with Gasteiger partial charge in [-0.1, -0.05) is 0 Å². The molecule has 0 spiro atoms. The lowest BCUT2D eigenvalue weighted by Crippen LogP contribution is -2.44. The van der Waals surface area contributed by atoms with Crippen LogP contribution in [-0.4, -0.2) is 55.6 Å². The summed E-state index contributed by atoms with van der Waals surface area (Å²) in [4.78, 5) is 22.6. The predicted molar refractivity (Wildman–Crippen MR) is 84.3 cm³/mol. The molecule has 3 N–H and O–H groups in total. The van der Waals surface area contributed by atoms with Crippen LogP contribution in [0.5, 0.6) is 0 Å². The van der Waals surface area contributed by atoms with Crippen LogP contribution in [0.25, 0.3) is 0 Å². The van der Waals surface area contributed by atoms with E-state index in [1.54, 1.807) is 0 Å². The number of ether oxygens (including phenoxy) is 2. The average molecular weight is 328 g/mol. The van der Waals surface area contributed by atoms with Crippen LogP contribution < -0.4 is 10.6 Å². The summed E-state index contributed by atoms with van der Waals surface area (Å²) in [5.41, 5.74) is 0. The monoisotopic (exact) mass is 328 g/mol. The van der Waals surface area contributed by atoms with E-state index in [4.69, 9.17) is 14.6 Å². The molecule has 1 aliphatic carbocycles. The minimum Gasteiger partial charge on any atom is -0.481 e. The number of rotatable bonds is 8. The number of hydrogen-bond acceptors (Lipinski definition) is 4. The minimum absolute atomic E-state index is 0.0846. The Labute approximate surface area is 137 Å². The van der Waals surface area contributed by atoms with Crippen LogP contribution in [0.2, 0.25) is 0 Å². The molecule has 0 aromatic heterocycles. The molecule has 1 aliphatic heterocycles. The molecule has 7 heteroatoms. The Hall–Kier alpha value is -1.34. The van der Waals surface area contributed by atoms with Crippen molar-refractivity contribution >= 4 is 12.0 Å². The summed E-state index contributed by atoms with van der Waals surface area (Å²) >= 11 is 0. The maximum Gasteiger partial charge on any atom is 0.315 e. The van der Waals surface area contributed by atoms with Gasteiger partial charge in [-0.05, 0) is 44.9 Å². The second kappa shape index (κ2) is 9.72. The number of carboxylic acid groups (broad SMARTS) is 1. The topological polar surface area (TPSA) is 96.9 Å². The molecule has 1 unspecified atom stereocenters. The maximum atomic E-state index is 11.8. The fourth-order valence-electron chi connectivity index (χ4n) is 3.09. The maximum absolute atomic E-state index is 11.8. The fraction of sp³-hybridized carbons (Fsp3) is 0.875. The standard InChI is InChI=1S/C16H28N2O5/c19-15(20)12-4-6-13(7-5-12)18-16(21)17-8-2-9-22-11-14-3-1-10-23-14/h12-14H,1-11H2,(H,19,20)(H2,17,18,21). The Balaban J connectivity index is 1.45. The van der Waals surface area contributed by atoms with Gasteiger partial charge in [0.25, 0.3) is 0 Å². The molecular formula is C16H28N2O5. The number of carbonyl (C=O) groups is 2. The van der Waals surface area contributed by atoms with E-state index in [9.17, 15) is 9.59 Å². The van der Waals surface area contributed by atoms with Crippen LogP contribution in [0, 0.1) is 5.92 Å². The zero-order valence-corrected chi connectivity index (χ0v) is 13.6. The van der Waals surface area contributed by atoms with E-state index < -0.39 is 5.97 Å². The first kappa shape index (κ1) is 18.0. The normalized spacial score (nSPS) is 27.6. The van der Waals surface area contributed by atoms with Gasteiger partial charge in [0.2, 0.25) is 0 Å². The number of hydrogen-bond donors (Lipinski definition) is 3. The molecule has 2 amide bonds. The summed E-state index contributed by atoms with van der Waals surface area (Å²) in [5.74, 6) is -0.979. The third-order valence-corrected chi connectivity index (χ3v) is 4.49. The Morgan fingerprint density at radius 2 is 1.96 bits per heavy atom. The van der Waals surface area contributed by atoms with Crippen molar-refractivity contribution in [3.05, 3.63) is 0 Å². The highest BCUT2D eigenvalue weighted by Gasteiger charge is 2.26. The summed E-state index contributed by atoms with van der Waals surface area (Å²) in [6.07, 6.45) is 5.94. The number of carboxylic acids is 1. The highest BCUT2D eigenvalue weighted by molar-refractivity contribution is 5.74. The van der Waals surface area contributed by atoms with Gasteiger partial charge < -0.3 is 25.2 Å². The van der Waals surface area contributed by atoms with E-state index in [2.05, 4.69) is 10.6 Å². The first-order valence-corrected chi connectivity index (χ1v) is 8.61. The van der Waals surface area contributed by atoms with Crippen LogP contribution in [0.1, 0.15) is 44.9 Å². The van der Waals surface area contributed by atoms with Crippen molar-refractivity contribution < 1.29 is 24.2 Å². The van der Waals surface area contributed by atoms with Crippen LogP contribution >= 0.6 is 0 Å². The zero-order valence-electron chi connectivity index (χ0n) is 13.6. The molecule has 1 atom stereocenters. The summed E-state index contributed by atoms with van der Waals surface area (Å²) in [6.45, 7) is 2.66. The van der Waals surface area contributed by atoms with Crippen molar-refractivity contribution in [1.29, 1.82) is 0 Å². The molecule has 132 valence electrons. The predicted octanol–water partition coefficient (Wildman–Crippen LogP) is 1.51. The number of aliphatic carboxylic acids is 1. The van der Waals surface area contributed by atoms with E-state index in [1.165, 1.54) is 0 Å². The molecule has 2 fully saturated rings. The third-order valence-electron chi connectivity index (χ3n) is 4.49. The molecule has 1 saturated heterocycles. The number of carbonyl (C=O) groups excluding carboxylic acids is 1. The summed E-state index contributed by atoms with van der Waals surface area (Å²) in [6, 6.07) is -0.0933. The highest BCUT2D eigenvalue weighted by Crippen LogP contribution is 2.24. The lowest BCUT2D eigenvalue weighted by Gasteiger charge is -2.26. The summed E-state index contributed by atoms with van der Waals surface area (Å²) in [7, 11) is 0. The van der Waals surface area contributed by atoms with Gasteiger partial charge in [0.05, 0.1) is 18.6 Å². The lowest BCUT2D eigenvalue weighted by atomic mass is 9.86. The highest BCUT2D eigenvalue weighted by atomic mass is 16.5. The van der Waals surface area contributed by atoms with Crippen molar-refractivity contribution in [3.63, 3.8) is 0 Å². The molecule has 0 radical (unpaired) electrons. The van der Waals surface area contributed by atoms with Gasteiger partial charge in [-0.3, -0.25) is 4.79 Å². The van der Waals surface area contributed by atoms with Crippen LogP contribution in [0.15, 0.2) is 0 Å². The van der Waals surface area contributed by atoms with Crippen molar-refractivity contribution in [2.75, 3.05) is 26.4 Å². The van der Waals surface area contributed by atoms with Crippen molar-refractivity contribution in [2.24, 2.45) is 5.92 Å². The molecule has 1 heterocycles. The van der Waals surface area contributed by atoms with Crippen molar-refractivity contribution in [2.45, 2.75) is 57.1 Å². The van der Waals surface area contributed by atoms with Crippen molar-refractivity contribution in [1.82, 2.24) is 10.6 Å². The SMILES string of the molecule is O=C(NCCCOCC1CCCO1)NC1CCC(C(=O)O)CC1. The molecule has 0 aromatic carbocycles. The van der Waals surface area contributed by atoms with E-state index in [1.807, 2.05) is 0 Å². The molecule has 0 aromatic rings. The van der Waals surface area contributed by atoms with Gasteiger partial charge in [-0.2, -0.15) is 0 Å². The molecule has 7 nitrogen and oxygen atoms in total. The van der Waals surface area contributed by atoms with Crippen LogP contribution in [0.3, 0.4) is 0 Å². The average Bonchev–Trinajstić information content (AvgIpc) is 3.04. The summed E-state index contributed by atoms with van der Waals surface area (Å²) < 4.78 is 11.0. The van der Waals surface area contributed by atoms with Gasteiger partial charge in [-0.25, -0.2) is 4.79 Å². The molecule has 0 bridgehead atoms. The Kier molecular flexibility index (Phi) is 7.61. The first-order chi connectivity index (χ1) is 11.1. The van der Waals surface area contributed by atoms with E-state index in [0.29, 0.717) is 32.6 Å². The molecule has 2 rings (SSSR count). The van der Waals surface area contributed by atoms with Gasteiger partial charge >= 0.3 is 12.0 Å². The first-order valence-electron chi connectivity index (χ1n) is 8.61. The number of urea groups is 1. The molecule has 1 saturated carbocycles. The molecular weight excluding hydrogens is 300 g/mol. The quantitative estimate of drug-likeness (QED) is 0.587. The van der Waals surface area contributed by atoms with Gasteiger partial charge in [-0.15, -0.1) is 0 Å². The van der Waals surface area contributed by atoms with Gasteiger partial charge in [0, 0.05) is 25.8 Å². The number of amides is 2. The van der Waals surface area contributed by atoms with Crippen LogP contribution in [0.4, 0.5) is 4.79 Å². The smallest absolute Gasteiger partial charge is 0.315 e. The third kappa shape index (κ3) is 6.74. The zero-order chi connectivity index (χ0) is 16.5. The van der Waals surface area contributed by atoms with E-state index in [-0.39, 0.29) is 24.1 Å². The van der Waals surface area contributed by atoms with Gasteiger partial charge in [0.1, 0.15) is 0 Å². The molecule has 23 heavy (non-hydrogen) atoms. The van der Waals surface area contributed by atoms with E-state index >= 15 is 0 Å². The largest absolute Gasteiger partial charge is 0.481 e. The second-order valence-corrected chi connectivity index (χ2v) is 6.35. The van der Waals surface area contributed by atoms with Gasteiger partial charge in [0.15, 0.2) is 0 Å². The number of nitrogens with one attached hydrogen (secondary N) is 2. The Bertz CT molecular complexity index is 377. The minimum atomic E-state index is -0.726. The fourth-order valence-corrected chi connectivity index (χ4v) is 3.09.